The molecule has 0 spiro atoms. The van der Waals surface area contributed by atoms with E-state index in [4.69, 9.17) is 11.6 Å². The van der Waals surface area contributed by atoms with Gasteiger partial charge in [-0.05, 0) is 12.6 Å². The maximum Gasteiger partial charge on any atom is 0.269 e. The third kappa shape index (κ3) is 2.84. The van der Waals surface area contributed by atoms with E-state index in [1.54, 1.807) is 11.3 Å². The number of thiophene rings is 1. The number of carbonyl (C=O) groups excluding carboxylic acids is 1. The number of halogens is 1. The number of aromatic nitrogens is 1. The third-order valence-electron chi connectivity index (χ3n) is 4.22. The summed E-state index contributed by atoms with van der Waals surface area (Å²) in [5, 5.41) is 5.03. The minimum Gasteiger partial charge on any atom is -0.298 e. The molecule has 1 aliphatic rings. The van der Waals surface area contributed by atoms with Crippen molar-refractivity contribution in [2.45, 2.75) is 19.9 Å². The highest BCUT2D eigenvalue weighted by Crippen LogP contribution is 2.36. The quantitative estimate of drug-likeness (QED) is 0.723. The molecule has 1 aromatic carbocycles. The molecule has 0 saturated carbocycles. The van der Waals surface area contributed by atoms with Crippen molar-refractivity contribution < 1.29 is 4.79 Å². The van der Waals surface area contributed by atoms with Crippen LogP contribution < -0.4 is 5.32 Å². The number of carbonyl (C=O) groups is 1. The van der Waals surface area contributed by atoms with Gasteiger partial charge in [-0.2, -0.15) is 0 Å². The molecule has 3 aromatic rings. The van der Waals surface area contributed by atoms with Crippen LogP contribution in [-0.4, -0.2) is 28.9 Å². The molecule has 1 N–H and O–H groups in total. The molecule has 4 nitrogen and oxygen atoms in total. The van der Waals surface area contributed by atoms with Crippen LogP contribution >= 0.6 is 34.3 Å². The molecule has 0 unspecified atom stereocenters. The van der Waals surface area contributed by atoms with Crippen molar-refractivity contribution in [2.24, 2.45) is 0 Å². The number of rotatable bonds is 3. The molecule has 0 bridgehead atoms. The fourth-order valence-corrected chi connectivity index (χ4v) is 5.34. The standard InChI is InChI=1S/C17H16ClN3OS2/c1-2-21-8-7-11-13(9-21)24-17(19-11)20-16(22)15-14(18)10-5-3-4-6-12(10)23-15/h3-6H,2,7-9H2,1H3,(H,19,20,22). The van der Waals surface area contributed by atoms with Gasteiger partial charge in [0, 0.05) is 34.5 Å². The zero-order chi connectivity index (χ0) is 16.7. The van der Waals surface area contributed by atoms with Gasteiger partial charge in [0.1, 0.15) is 4.88 Å². The van der Waals surface area contributed by atoms with Crippen molar-refractivity contribution in [2.75, 3.05) is 18.4 Å². The summed E-state index contributed by atoms with van der Waals surface area (Å²) >= 11 is 9.36. The monoisotopic (exact) mass is 377 g/mol. The Balaban J connectivity index is 1.58. The van der Waals surface area contributed by atoms with Gasteiger partial charge in [0.2, 0.25) is 0 Å². The molecule has 4 rings (SSSR count). The Hall–Kier alpha value is -1.47. The number of anilines is 1. The van der Waals surface area contributed by atoms with Crippen LogP contribution in [0.3, 0.4) is 0 Å². The van der Waals surface area contributed by atoms with Crippen LogP contribution in [-0.2, 0) is 13.0 Å². The summed E-state index contributed by atoms with van der Waals surface area (Å²) in [7, 11) is 0. The third-order valence-corrected chi connectivity index (χ3v) is 6.89. The van der Waals surface area contributed by atoms with Gasteiger partial charge < -0.3 is 0 Å². The van der Waals surface area contributed by atoms with E-state index in [1.165, 1.54) is 16.2 Å². The Morgan fingerprint density at radius 3 is 3.00 bits per heavy atom. The number of fused-ring (bicyclic) bond motifs is 2. The minimum absolute atomic E-state index is 0.181. The van der Waals surface area contributed by atoms with Crippen molar-refractivity contribution in [3.63, 3.8) is 0 Å². The smallest absolute Gasteiger partial charge is 0.269 e. The van der Waals surface area contributed by atoms with E-state index < -0.39 is 0 Å². The summed E-state index contributed by atoms with van der Waals surface area (Å²) in [4.78, 5) is 21.4. The van der Waals surface area contributed by atoms with Crippen LogP contribution in [0.5, 0.6) is 0 Å². The van der Waals surface area contributed by atoms with Crippen molar-refractivity contribution in [3.05, 3.63) is 44.7 Å². The highest BCUT2D eigenvalue weighted by molar-refractivity contribution is 7.22. The predicted molar refractivity (Wildman–Crippen MR) is 102 cm³/mol. The number of nitrogens with one attached hydrogen (secondary N) is 1. The van der Waals surface area contributed by atoms with Gasteiger partial charge in [0.25, 0.3) is 5.91 Å². The first-order valence-corrected chi connectivity index (χ1v) is 9.86. The van der Waals surface area contributed by atoms with Gasteiger partial charge in [-0.1, -0.05) is 36.7 Å². The Kier molecular flexibility index (Phi) is 4.30. The van der Waals surface area contributed by atoms with Crippen molar-refractivity contribution in [1.82, 2.24) is 9.88 Å². The van der Waals surface area contributed by atoms with Crippen molar-refractivity contribution in [3.8, 4) is 0 Å². The van der Waals surface area contributed by atoms with E-state index >= 15 is 0 Å². The second-order valence-electron chi connectivity index (χ2n) is 5.70. The van der Waals surface area contributed by atoms with E-state index in [0.717, 1.165) is 41.8 Å². The number of hydrogen-bond acceptors (Lipinski definition) is 5. The number of likely N-dealkylation sites (N-methyl/N-ethyl adjacent to an activating group) is 1. The topological polar surface area (TPSA) is 45.2 Å². The lowest BCUT2D eigenvalue weighted by Gasteiger charge is -2.23. The Bertz CT molecular complexity index is 918. The lowest BCUT2D eigenvalue weighted by Crippen LogP contribution is -2.29. The van der Waals surface area contributed by atoms with Crippen molar-refractivity contribution in [1.29, 1.82) is 0 Å². The maximum absolute atomic E-state index is 12.6. The summed E-state index contributed by atoms with van der Waals surface area (Å²) in [5.74, 6) is -0.181. The Morgan fingerprint density at radius 2 is 2.21 bits per heavy atom. The van der Waals surface area contributed by atoms with Crippen LogP contribution in [0.25, 0.3) is 10.1 Å². The first-order valence-electron chi connectivity index (χ1n) is 7.85. The molecular formula is C17H16ClN3OS2. The largest absolute Gasteiger partial charge is 0.298 e. The normalized spacial score (nSPS) is 14.8. The molecule has 1 aliphatic heterocycles. The van der Waals surface area contributed by atoms with E-state index in [2.05, 4.69) is 22.1 Å². The van der Waals surface area contributed by atoms with Crippen molar-refractivity contribution >= 4 is 55.4 Å². The van der Waals surface area contributed by atoms with Crippen LogP contribution in [0.2, 0.25) is 5.02 Å². The number of benzene rings is 1. The highest BCUT2D eigenvalue weighted by Gasteiger charge is 2.22. The number of thiazole rings is 1. The zero-order valence-electron chi connectivity index (χ0n) is 13.1. The Labute approximate surface area is 153 Å². The summed E-state index contributed by atoms with van der Waals surface area (Å²) in [6.45, 7) is 5.15. The van der Waals surface area contributed by atoms with Crippen LogP contribution in [0.4, 0.5) is 5.13 Å². The Morgan fingerprint density at radius 1 is 1.38 bits per heavy atom. The maximum atomic E-state index is 12.6. The van der Waals surface area contributed by atoms with Gasteiger partial charge in [-0.15, -0.1) is 22.7 Å². The molecular weight excluding hydrogens is 362 g/mol. The lowest BCUT2D eigenvalue weighted by molar-refractivity contribution is 0.103. The molecule has 24 heavy (non-hydrogen) atoms. The first-order chi connectivity index (χ1) is 11.7. The fourth-order valence-electron chi connectivity index (χ4n) is 2.89. The molecule has 2 aromatic heterocycles. The molecule has 0 radical (unpaired) electrons. The van der Waals surface area contributed by atoms with Gasteiger partial charge in [0.15, 0.2) is 5.13 Å². The predicted octanol–water partition coefficient (Wildman–Crippen LogP) is 4.64. The van der Waals surface area contributed by atoms with E-state index in [0.29, 0.717) is 15.0 Å². The van der Waals surface area contributed by atoms with Crippen LogP contribution in [0, 0.1) is 0 Å². The average Bonchev–Trinajstić information content (AvgIpc) is 3.15. The average molecular weight is 378 g/mol. The molecule has 0 aliphatic carbocycles. The second-order valence-corrected chi connectivity index (χ2v) is 8.22. The van der Waals surface area contributed by atoms with Gasteiger partial charge >= 0.3 is 0 Å². The molecule has 124 valence electrons. The SMILES string of the molecule is CCN1CCc2nc(NC(=O)c3sc4ccccc4c3Cl)sc2C1. The van der Waals surface area contributed by atoms with Gasteiger partial charge in [-0.3, -0.25) is 15.0 Å². The molecule has 0 atom stereocenters. The number of amides is 1. The van der Waals surface area contributed by atoms with Gasteiger partial charge in [0.05, 0.1) is 10.7 Å². The minimum atomic E-state index is -0.181. The van der Waals surface area contributed by atoms with Gasteiger partial charge in [-0.25, -0.2) is 4.98 Å². The van der Waals surface area contributed by atoms with E-state index in [9.17, 15) is 4.79 Å². The summed E-state index contributed by atoms with van der Waals surface area (Å²) in [6.07, 6.45) is 0.944. The molecule has 0 saturated heterocycles. The summed E-state index contributed by atoms with van der Waals surface area (Å²) in [5.41, 5.74) is 1.11. The first kappa shape index (κ1) is 16.0. The lowest BCUT2D eigenvalue weighted by atomic mass is 10.2. The fraction of sp³-hybridized carbons (Fsp3) is 0.294. The molecule has 1 amide bonds. The molecule has 3 heterocycles. The summed E-state index contributed by atoms with van der Waals surface area (Å²) in [6, 6.07) is 7.79. The van der Waals surface area contributed by atoms with E-state index in [1.807, 2.05) is 24.3 Å². The van der Waals surface area contributed by atoms with Crippen LogP contribution in [0.15, 0.2) is 24.3 Å². The van der Waals surface area contributed by atoms with Crippen LogP contribution in [0.1, 0.15) is 27.2 Å². The number of hydrogen-bond donors (Lipinski definition) is 1. The zero-order valence-corrected chi connectivity index (χ0v) is 15.5. The second kappa shape index (κ2) is 6.44. The molecule has 7 heteroatoms. The summed E-state index contributed by atoms with van der Waals surface area (Å²) < 4.78 is 1.02. The van der Waals surface area contributed by atoms with E-state index in [-0.39, 0.29) is 5.91 Å². The number of nitrogens with zero attached hydrogens (tertiary/aromatic N) is 2. The highest BCUT2D eigenvalue weighted by atomic mass is 35.5. The molecule has 0 fully saturated rings.